The quantitative estimate of drug-likeness (QED) is 0.175. The van der Waals surface area contributed by atoms with E-state index in [1.54, 1.807) is 0 Å². The molecule has 266 valence electrons. The zero-order valence-corrected chi connectivity index (χ0v) is 32.1. The van der Waals surface area contributed by atoms with Gasteiger partial charge in [-0.3, -0.25) is 0 Å². The van der Waals surface area contributed by atoms with Crippen molar-refractivity contribution in [3.63, 3.8) is 0 Å². The smallest absolute Gasteiger partial charge is 0.164 e. The fourth-order valence-corrected chi connectivity index (χ4v) is 10.6. The molecule has 57 heavy (non-hydrogen) atoms. The van der Waals surface area contributed by atoms with E-state index in [9.17, 15) is 0 Å². The minimum atomic E-state index is 0.662. The van der Waals surface area contributed by atoms with E-state index in [1.165, 1.54) is 79.0 Å². The van der Waals surface area contributed by atoms with Crippen LogP contribution in [0.5, 0.6) is 0 Å². The highest BCUT2D eigenvalue weighted by atomic mass is 32.1. The molecule has 0 saturated heterocycles. The van der Waals surface area contributed by atoms with Gasteiger partial charge in [0.2, 0.25) is 0 Å². The highest BCUT2D eigenvalue weighted by Crippen LogP contribution is 2.43. The molecule has 0 aliphatic carbocycles. The summed E-state index contributed by atoms with van der Waals surface area (Å²) in [4.78, 5) is 15.2. The molecule has 0 amide bonds. The van der Waals surface area contributed by atoms with Crippen molar-refractivity contribution in [2.24, 2.45) is 0 Å². The van der Waals surface area contributed by atoms with Gasteiger partial charge >= 0.3 is 0 Å². The molecule has 0 saturated carbocycles. The summed E-state index contributed by atoms with van der Waals surface area (Å²) in [6.07, 6.45) is 0. The Morgan fingerprint density at radius 2 is 0.895 bits per heavy atom. The molecule has 12 aromatic rings. The predicted octanol–water partition coefficient (Wildman–Crippen LogP) is 14.4. The number of rotatable bonds is 5. The van der Waals surface area contributed by atoms with Gasteiger partial charge in [-0.25, -0.2) is 15.0 Å². The molecule has 0 aliphatic rings. The molecule has 0 bridgehead atoms. The number of fused-ring (bicyclic) bond motifs is 9. The van der Waals surface area contributed by atoms with Gasteiger partial charge < -0.3 is 4.57 Å². The van der Waals surface area contributed by atoms with E-state index in [0.717, 1.165) is 16.7 Å². The molecular weight excluding hydrogens is 733 g/mol. The number of nitrogens with zero attached hydrogens (tertiary/aromatic N) is 4. The van der Waals surface area contributed by atoms with Crippen molar-refractivity contribution in [3.8, 4) is 51.0 Å². The van der Waals surface area contributed by atoms with E-state index in [4.69, 9.17) is 15.0 Å². The molecular formula is C51H30N4S2. The first kappa shape index (κ1) is 32.3. The summed E-state index contributed by atoms with van der Waals surface area (Å²) in [5.41, 5.74) is 8.95. The van der Waals surface area contributed by atoms with Crippen molar-refractivity contribution in [3.05, 3.63) is 182 Å². The molecule has 0 N–H and O–H groups in total. The fraction of sp³-hybridized carbons (Fsp3) is 0. The standard InChI is InChI=1S/C51H30N4S2/c1-3-12-31(13-4-1)49-52-50(32-14-5-2-6-15-32)54-51(53-49)39-18-11-21-46-48(39)41-29-34(23-27-45(41)56-46)33-22-26-44-40(28-33)38-25-24-35(30-47(38)57-44)55-42-19-9-7-16-36(42)37-17-8-10-20-43(37)55/h1-30H. The Labute approximate surface area is 335 Å². The lowest BCUT2D eigenvalue weighted by molar-refractivity contribution is 1.08. The van der Waals surface area contributed by atoms with Gasteiger partial charge in [0.25, 0.3) is 0 Å². The molecule has 0 spiro atoms. The summed E-state index contributed by atoms with van der Waals surface area (Å²) in [6.45, 7) is 0. The zero-order chi connectivity index (χ0) is 37.5. The first-order valence-corrected chi connectivity index (χ1v) is 20.6. The van der Waals surface area contributed by atoms with Crippen LogP contribution in [0.4, 0.5) is 0 Å². The lowest BCUT2D eigenvalue weighted by atomic mass is 9.99. The van der Waals surface area contributed by atoms with Gasteiger partial charge in [-0.05, 0) is 65.7 Å². The zero-order valence-electron chi connectivity index (χ0n) is 30.4. The van der Waals surface area contributed by atoms with Crippen LogP contribution in [0.25, 0.3) is 113 Å². The minimum absolute atomic E-state index is 0.662. The summed E-state index contributed by atoms with van der Waals surface area (Å²) in [5, 5.41) is 7.49. The van der Waals surface area contributed by atoms with Gasteiger partial charge in [-0.2, -0.15) is 0 Å². The molecule has 8 aromatic carbocycles. The molecule has 0 unspecified atom stereocenters. The molecule has 0 radical (unpaired) electrons. The lowest BCUT2D eigenvalue weighted by Crippen LogP contribution is -2.00. The summed E-state index contributed by atoms with van der Waals surface area (Å²) in [6, 6.07) is 65.0. The summed E-state index contributed by atoms with van der Waals surface area (Å²) < 4.78 is 7.42. The third-order valence-electron chi connectivity index (χ3n) is 11.1. The van der Waals surface area contributed by atoms with E-state index >= 15 is 0 Å². The maximum Gasteiger partial charge on any atom is 0.164 e. The highest BCUT2D eigenvalue weighted by Gasteiger charge is 2.18. The topological polar surface area (TPSA) is 43.6 Å². The number of thiophene rings is 2. The van der Waals surface area contributed by atoms with E-state index < -0.39 is 0 Å². The third-order valence-corrected chi connectivity index (χ3v) is 13.3. The van der Waals surface area contributed by atoms with Gasteiger partial charge in [0.1, 0.15) is 0 Å². The summed E-state index contributed by atoms with van der Waals surface area (Å²) >= 11 is 3.67. The van der Waals surface area contributed by atoms with Crippen LogP contribution in [0.1, 0.15) is 0 Å². The van der Waals surface area contributed by atoms with E-state index in [-0.39, 0.29) is 0 Å². The number of aromatic nitrogens is 4. The van der Waals surface area contributed by atoms with Crippen molar-refractivity contribution in [2.75, 3.05) is 0 Å². The van der Waals surface area contributed by atoms with Crippen LogP contribution < -0.4 is 0 Å². The molecule has 0 fully saturated rings. The van der Waals surface area contributed by atoms with Gasteiger partial charge in [-0.15, -0.1) is 22.7 Å². The second-order valence-electron chi connectivity index (χ2n) is 14.4. The minimum Gasteiger partial charge on any atom is -0.309 e. The van der Waals surface area contributed by atoms with Crippen LogP contribution in [-0.2, 0) is 0 Å². The first-order valence-electron chi connectivity index (χ1n) is 19.0. The molecule has 4 nitrogen and oxygen atoms in total. The first-order chi connectivity index (χ1) is 28.2. The number of hydrogen-bond acceptors (Lipinski definition) is 5. The average molecular weight is 763 g/mol. The summed E-state index contributed by atoms with van der Waals surface area (Å²) in [7, 11) is 0. The van der Waals surface area contributed by atoms with Crippen LogP contribution in [0, 0.1) is 0 Å². The molecule has 6 heteroatoms. The SMILES string of the molecule is c1ccc(-c2nc(-c3ccccc3)nc(-c3cccc4sc5ccc(-c6ccc7sc8cc(-n9c%10ccccc%10c%10ccccc%109)ccc8c7c6)cc5c34)n2)cc1. The van der Waals surface area contributed by atoms with E-state index in [0.29, 0.717) is 17.5 Å². The third kappa shape index (κ3) is 5.22. The van der Waals surface area contributed by atoms with Crippen LogP contribution in [0.15, 0.2) is 182 Å². The Bertz CT molecular complexity index is 3410. The molecule has 0 atom stereocenters. The van der Waals surface area contributed by atoms with Gasteiger partial charge in [0.15, 0.2) is 17.5 Å². The monoisotopic (exact) mass is 762 g/mol. The lowest BCUT2D eigenvalue weighted by Gasteiger charge is -2.10. The number of benzene rings is 8. The largest absolute Gasteiger partial charge is 0.309 e. The fourth-order valence-electron chi connectivity index (χ4n) is 8.41. The normalized spacial score (nSPS) is 11.9. The predicted molar refractivity (Wildman–Crippen MR) is 242 cm³/mol. The Kier molecular flexibility index (Phi) is 7.24. The van der Waals surface area contributed by atoms with Crippen LogP contribution in [0.2, 0.25) is 0 Å². The Morgan fingerprint density at radius 1 is 0.333 bits per heavy atom. The molecule has 0 aliphatic heterocycles. The second kappa shape index (κ2) is 12.8. The van der Waals surface area contributed by atoms with Crippen LogP contribution >= 0.6 is 22.7 Å². The maximum atomic E-state index is 5.11. The van der Waals surface area contributed by atoms with Crippen LogP contribution in [0.3, 0.4) is 0 Å². The average Bonchev–Trinajstić information content (AvgIpc) is 3.95. The second-order valence-corrected chi connectivity index (χ2v) is 16.6. The Hall–Kier alpha value is -6.99. The molecule has 4 heterocycles. The maximum absolute atomic E-state index is 5.11. The van der Waals surface area contributed by atoms with Crippen LogP contribution in [-0.4, -0.2) is 19.5 Å². The van der Waals surface area contributed by atoms with Crippen molar-refractivity contribution < 1.29 is 0 Å². The van der Waals surface area contributed by atoms with E-state index in [1.807, 2.05) is 59.1 Å². The summed E-state index contributed by atoms with van der Waals surface area (Å²) in [5.74, 6) is 2.00. The van der Waals surface area contributed by atoms with E-state index in [2.05, 4.69) is 150 Å². The Balaban J connectivity index is 0.988. The van der Waals surface area contributed by atoms with Crippen molar-refractivity contribution in [1.82, 2.24) is 19.5 Å². The van der Waals surface area contributed by atoms with Gasteiger partial charge in [-0.1, -0.05) is 127 Å². The molecule has 4 aromatic heterocycles. The number of para-hydroxylation sites is 2. The molecule has 12 rings (SSSR count). The van der Waals surface area contributed by atoms with Crippen molar-refractivity contribution in [1.29, 1.82) is 0 Å². The van der Waals surface area contributed by atoms with Crippen molar-refractivity contribution >= 4 is 84.8 Å². The highest BCUT2D eigenvalue weighted by molar-refractivity contribution is 7.26. The van der Waals surface area contributed by atoms with Gasteiger partial charge in [0, 0.05) is 73.5 Å². The Morgan fingerprint density at radius 3 is 1.56 bits per heavy atom. The number of hydrogen-bond donors (Lipinski definition) is 0. The van der Waals surface area contributed by atoms with Gasteiger partial charge in [0.05, 0.1) is 11.0 Å². The van der Waals surface area contributed by atoms with Crippen molar-refractivity contribution in [2.45, 2.75) is 0 Å².